The lowest BCUT2D eigenvalue weighted by molar-refractivity contribution is -0.132. The van der Waals surface area contributed by atoms with Crippen LogP contribution in [0.2, 0.25) is 0 Å². The Labute approximate surface area is 122 Å². The molecular formula is C14H18N4O3. The minimum atomic E-state index is -0.987. The largest absolute Gasteiger partial charge is 0.397 e. The Hall–Kier alpha value is -2.57. The summed E-state index contributed by atoms with van der Waals surface area (Å²) in [6, 6.07) is 4.68. The third-order valence-corrected chi connectivity index (χ3v) is 3.32. The zero-order valence-corrected chi connectivity index (χ0v) is 12.2. The van der Waals surface area contributed by atoms with Crippen LogP contribution < -0.4 is 16.4 Å². The first-order chi connectivity index (χ1) is 9.72. The summed E-state index contributed by atoms with van der Waals surface area (Å²) in [5.41, 5.74) is 6.55. The zero-order valence-electron chi connectivity index (χ0n) is 12.2. The molecule has 0 spiro atoms. The molecule has 1 aliphatic heterocycles. The summed E-state index contributed by atoms with van der Waals surface area (Å²) >= 11 is 0. The highest BCUT2D eigenvalue weighted by Gasteiger charge is 2.44. The van der Waals surface area contributed by atoms with E-state index in [1.165, 1.54) is 0 Å². The van der Waals surface area contributed by atoms with Gasteiger partial charge in [-0.25, -0.2) is 4.79 Å². The third-order valence-electron chi connectivity index (χ3n) is 3.32. The zero-order chi connectivity index (χ0) is 15.8. The number of hydrogen-bond donors (Lipinski definition) is 3. The molecule has 21 heavy (non-hydrogen) atoms. The van der Waals surface area contributed by atoms with Crippen molar-refractivity contribution in [2.45, 2.75) is 26.3 Å². The number of imide groups is 1. The molecule has 0 aromatic heterocycles. The third kappa shape index (κ3) is 2.81. The second-order valence-electron chi connectivity index (χ2n) is 5.53. The van der Waals surface area contributed by atoms with Gasteiger partial charge in [-0.1, -0.05) is 12.1 Å². The molecule has 0 bridgehead atoms. The average molecular weight is 290 g/mol. The van der Waals surface area contributed by atoms with Gasteiger partial charge in [-0.05, 0) is 32.4 Å². The number of carbonyl (C=O) groups is 3. The quantitative estimate of drug-likeness (QED) is 0.567. The summed E-state index contributed by atoms with van der Waals surface area (Å²) in [6.07, 6.45) is 0. The summed E-state index contributed by atoms with van der Waals surface area (Å²) in [6.45, 7) is 4.64. The fourth-order valence-electron chi connectivity index (χ4n) is 2.15. The molecule has 0 unspecified atom stereocenters. The molecule has 1 fully saturated rings. The van der Waals surface area contributed by atoms with Crippen LogP contribution in [-0.4, -0.2) is 34.8 Å². The molecule has 7 nitrogen and oxygen atoms in total. The first kappa shape index (κ1) is 14.8. The van der Waals surface area contributed by atoms with Gasteiger partial charge >= 0.3 is 6.03 Å². The van der Waals surface area contributed by atoms with Crippen molar-refractivity contribution >= 4 is 29.2 Å². The number of aryl methyl sites for hydroxylation is 1. The Morgan fingerprint density at radius 3 is 2.57 bits per heavy atom. The van der Waals surface area contributed by atoms with E-state index >= 15 is 0 Å². The van der Waals surface area contributed by atoms with Gasteiger partial charge in [-0.3, -0.25) is 14.5 Å². The maximum atomic E-state index is 12.0. The fourth-order valence-corrected chi connectivity index (χ4v) is 2.15. The van der Waals surface area contributed by atoms with Crippen molar-refractivity contribution < 1.29 is 14.4 Å². The van der Waals surface area contributed by atoms with Crippen molar-refractivity contribution in [3.63, 3.8) is 0 Å². The summed E-state index contributed by atoms with van der Waals surface area (Å²) in [5.74, 6) is -0.905. The van der Waals surface area contributed by atoms with Crippen molar-refractivity contribution in [3.8, 4) is 0 Å². The van der Waals surface area contributed by atoms with Crippen LogP contribution in [0.4, 0.5) is 16.2 Å². The standard InChI is InChI=1S/C14H18N4O3/c1-8-5-4-6-9(15)11(8)16-10(19)7-18-12(20)14(2,3)17-13(18)21/h4-6H,7,15H2,1-3H3,(H,16,19)(H,17,21). The van der Waals surface area contributed by atoms with Gasteiger partial charge in [0.05, 0.1) is 11.4 Å². The fraction of sp³-hybridized carbons (Fsp3) is 0.357. The average Bonchev–Trinajstić information content (AvgIpc) is 2.56. The number of hydrogen-bond acceptors (Lipinski definition) is 4. The summed E-state index contributed by atoms with van der Waals surface area (Å²) < 4.78 is 0. The molecule has 4 N–H and O–H groups in total. The minimum Gasteiger partial charge on any atom is -0.397 e. The lowest BCUT2D eigenvalue weighted by Crippen LogP contribution is -2.41. The number of nitrogen functional groups attached to an aromatic ring is 1. The van der Waals surface area contributed by atoms with Crippen LogP contribution in [0.5, 0.6) is 0 Å². The number of benzene rings is 1. The molecule has 112 valence electrons. The number of carbonyl (C=O) groups excluding carboxylic acids is 3. The van der Waals surface area contributed by atoms with Gasteiger partial charge in [0.2, 0.25) is 5.91 Å². The van der Waals surface area contributed by atoms with Gasteiger partial charge in [0.25, 0.3) is 5.91 Å². The highest BCUT2D eigenvalue weighted by atomic mass is 16.2. The number of nitrogens with zero attached hydrogens (tertiary/aromatic N) is 1. The Balaban J connectivity index is 2.10. The summed E-state index contributed by atoms with van der Waals surface area (Å²) in [5, 5.41) is 5.15. The summed E-state index contributed by atoms with van der Waals surface area (Å²) in [7, 11) is 0. The van der Waals surface area contributed by atoms with Crippen LogP contribution in [0.3, 0.4) is 0 Å². The van der Waals surface area contributed by atoms with Crippen LogP contribution in [0.25, 0.3) is 0 Å². The Morgan fingerprint density at radius 1 is 1.38 bits per heavy atom. The van der Waals surface area contributed by atoms with E-state index in [9.17, 15) is 14.4 Å². The molecule has 1 heterocycles. The van der Waals surface area contributed by atoms with Gasteiger partial charge in [0.15, 0.2) is 0 Å². The molecular weight excluding hydrogens is 272 g/mol. The maximum Gasteiger partial charge on any atom is 0.325 e. The Kier molecular flexibility index (Phi) is 3.59. The van der Waals surface area contributed by atoms with Crippen LogP contribution in [0.1, 0.15) is 19.4 Å². The Morgan fingerprint density at radius 2 is 2.05 bits per heavy atom. The number of rotatable bonds is 3. The molecule has 7 heteroatoms. The van der Waals surface area contributed by atoms with Crippen LogP contribution in [-0.2, 0) is 9.59 Å². The first-order valence-electron chi connectivity index (χ1n) is 6.51. The predicted octanol–water partition coefficient (Wildman–Crippen LogP) is 0.846. The molecule has 4 amide bonds. The number of nitrogens with one attached hydrogen (secondary N) is 2. The van der Waals surface area contributed by atoms with Crippen molar-refractivity contribution in [2.24, 2.45) is 0 Å². The SMILES string of the molecule is Cc1cccc(N)c1NC(=O)CN1C(=O)NC(C)(C)C1=O. The van der Waals surface area contributed by atoms with E-state index in [1.54, 1.807) is 26.0 Å². The predicted molar refractivity (Wildman–Crippen MR) is 78.5 cm³/mol. The van der Waals surface area contributed by atoms with Crippen LogP contribution in [0, 0.1) is 6.92 Å². The molecule has 1 aromatic carbocycles. The van der Waals surface area contributed by atoms with E-state index in [2.05, 4.69) is 10.6 Å². The molecule has 2 rings (SSSR count). The van der Waals surface area contributed by atoms with E-state index in [4.69, 9.17) is 5.73 Å². The topological polar surface area (TPSA) is 105 Å². The maximum absolute atomic E-state index is 12.0. The van der Waals surface area contributed by atoms with E-state index < -0.39 is 23.4 Å². The van der Waals surface area contributed by atoms with E-state index in [0.29, 0.717) is 11.4 Å². The molecule has 1 saturated heterocycles. The smallest absolute Gasteiger partial charge is 0.325 e. The van der Waals surface area contributed by atoms with Gasteiger partial charge in [0.1, 0.15) is 12.1 Å². The second-order valence-corrected chi connectivity index (χ2v) is 5.53. The van der Waals surface area contributed by atoms with Crippen molar-refractivity contribution in [2.75, 3.05) is 17.6 Å². The summed E-state index contributed by atoms with van der Waals surface area (Å²) in [4.78, 5) is 36.6. The monoisotopic (exact) mass is 290 g/mol. The van der Waals surface area contributed by atoms with E-state index in [0.717, 1.165) is 10.5 Å². The Bertz CT molecular complexity index is 604. The number of anilines is 2. The minimum absolute atomic E-state index is 0.345. The van der Waals surface area contributed by atoms with Crippen LogP contribution >= 0.6 is 0 Å². The van der Waals surface area contributed by atoms with E-state index in [-0.39, 0.29) is 6.54 Å². The van der Waals surface area contributed by atoms with Gasteiger partial charge in [-0.2, -0.15) is 0 Å². The number of urea groups is 1. The van der Waals surface area contributed by atoms with Gasteiger partial charge in [-0.15, -0.1) is 0 Å². The first-order valence-corrected chi connectivity index (χ1v) is 6.51. The second kappa shape index (κ2) is 5.08. The normalized spacial score (nSPS) is 16.8. The molecule has 1 aromatic rings. The molecule has 0 saturated carbocycles. The number of nitrogens with two attached hydrogens (primary N) is 1. The van der Waals surface area contributed by atoms with Crippen molar-refractivity contribution in [1.29, 1.82) is 0 Å². The number of amides is 4. The lowest BCUT2D eigenvalue weighted by atomic mass is 10.1. The lowest BCUT2D eigenvalue weighted by Gasteiger charge is -2.16. The molecule has 0 atom stereocenters. The molecule has 1 aliphatic rings. The molecule has 0 radical (unpaired) electrons. The van der Waals surface area contributed by atoms with Crippen LogP contribution in [0.15, 0.2) is 18.2 Å². The molecule has 0 aliphatic carbocycles. The number of para-hydroxylation sites is 1. The highest BCUT2D eigenvalue weighted by Crippen LogP contribution is 2.23. The van der Waals surface area contributed by atoms with E-state index in [1.807, 2.05) is 13.0 Å². The van der Waals surface area contributed by atoms with Crippen molar-refractivity contribution in [1.82, 2.24) is 10.2 Å². The van der Waals surface area contributed by atoms with Gasteiger partial charge in [0, 0.05) is 0 Å². The van der Waals surface area contributed by atoms with Crippen molar-refractivity contribution in [3.05, 3.63) is 23.8 Å². The van der Waals surface area contributed by atoms with Gasteiger partial charge < -0.3 is 16.4 Å². The highest BCUT2D eigenvalue weighted by molar-refractivity contribution is 6.10.